The summed E-state index contributed by atoms with van der Waals surface area (Å²) in [6.07, 6.45) is 5.75. The molecule has 0 spiro atoms. The minimum absolute atomic E-state index is 0.0272. The van der Waals surface area contributed by atoms with Gasteiger partial charge in [-0.1, -0.05) is 74.5 Å². The fourth-order valence-electron chi connectivity index (χ4n) is 5.10. The molecule has 1 atom stereocenters. The van der Waals surface area contributed by atoms with E-state index < -0.39 is 0 Å². The van der Waals surface area contributed by atoms with Crippen molar-refractivity contribution in [2.75, 3.05) is 0 Å². The molecule has 0 saturated heterocycles. The Bertz CT molecular complexity index is 1030. The molecule has 144 valence electrons. The summed E-state index contributed by atoms with van der Waals surface area (Å²) in [4.78, 5) is 0. The third kappa shape index (κ3) is 3.07. The quantitative estimate of drug-likeness (QED) is 0.443. The number of hydrogen-bond donors (Lipinski definition) is 0. The van der Waals surface area contributed by atoms with Crippen molar-refractivity contribution < 1.29 is 4.58 Å². The van der Waals surface area contributed by atoms with E-state index in [-0.39, 0.29) is 11.0 Å². The number of para-hydroxylation sites is 1. The lowest BCUT2D eigenvalue weighted by molar-refractivity contribution is -0.512. The van der Waals surface area contributed by atoms with Crippen LogP contribution >= 0.6 is 0 Å². The van der Waals surface area contributed by atoms with Crippen LogP contribution in [0, 0.1) is 0 Å². The zero-order chi connectivity index (χ0) is 19.9. The second-order valence-corrected chi connectivity index (χ2v) is 9.10. The van der Waals surface area contributed by atoms with Crippen LogP contribution in [0.3, 0.4) is 0 Å². The molecular formula is C27H32N+. The Morgan fingerprint density at radius 2 is 1.43 bits per heavy atom. The van der Waals surface area contributed by atoms with Crippen LogP contribution in [-0.4, -0.2) is 16.3 Å². The molecule has 0 unspecified atom stereocenters. The molecule has 28 heavy (non-hydrogen) atoms. The van der Waals surface area contributed by atoms with Gasteiger partial charge in [0.1, 0.15) is 0 Å². The first-order valence-electron chi connectivity index (χ1n) is 10.6. The average Bonchev–Trinajstić information content (AvgIpc) is 2.96. The largest absolute Gasteiger partial charge is 0.211 e. The SMILES string of the molecule is CCc1cccc(CC)c1[N+]1=C[C@@](C)(c2ccc3ccccc3c2)CC1(C)C. The van der Waals surface area contributed by atoms with Crippen molar-refractivity contribution in [3.05, 3.63) is 77.4 Å². The topological polar surface area (TPSA) is 3.01 Å². The third-order valence-corrected chi connectivity index (χ3v) is 6.48. The lowest BCUT2D eigenvalue weighted by Gasteiger charge is -2.23. The third-order valence-electron chi connectivity index (χ3n) is 6.48. The van der Waals surface area contributed by atoms with Crippen LogP contribution in [0.15, 0.2) is 60.7 Å². The summed E-state index contributed by atoms with van der Waals surface area (Å²) < 4.78 is 2.58. The van der Waals surface area contributed by atoms with E-state index >= 15 is 0 Å². The first-order valence-corrected chi connectivity index (χ1v) is 10.6. The van der Waals surface area contributed by atoms with E-state index in [0.29, 0.717) is 0 Å². The molecule has 0 saturated carbocycles. The number of benzene rings is 3. The summed E-state index contributed by atoms with van der Waals surface area (Å²) >= 11 is 0. The minimum Gasteiger partial charge on any atom is -0.197 e. The van der Waals surface area contributed by atoms with Crippen LogP contribution < -0.4 is 0 Å². The summed E-state index contributed by atoms with van der Waals surface area (Å²) in [7, 11) is 0. The van der Waals surface area contributed by atoms with Crippen LogP contribution in [0.1, 0.15) is 57.7 Å². The van der Waals surface area contributed by atoms with Crippen molar-refractivity contribution in [1.82, 2.24) is 0 Å². The fraction of sp³-hybridized carbons (Fsp3) is 0.370. The van der Waals surface area contributed by atoms with Gasteiger partial charge in [0.2, 0.25) is 5.69 Å². The Kier molecular flexibility index (Phi) is 4.65. The number of rotatable bonds is 4. The van der Waals surface area contributed by atoms with E-state index in [9.17, 15) is 0 Å². The molecule has 4 rings (SSSR count). The van der Waals surface area contributed by atoms with Gasteiger partial charge in [-0.15, -0.1) is 0 Å². The van der Waals surface area contributed by atoms with Crippen molar-refractivity contribution in [2.24, 2.45) is 0 Å². The fourth-order valence-corrected chi connectivity index (χ4v) is 5.10. The molecule has 1 aliphatic heterocycles. The number of fused-ring (bicyclic) bond motifs is 1. The zero-order valence-electron chi connectivity index (χ0n) is 17.9. The summed E-state index contributed by atoms with van der Waals surface area (Å²) in [5, 5.41) is 2.64. The highest BCUT2D eigenvalue weighted by Gasteiger charge is 2.50. The van der Waals surface area contributed by atoms with Gasteiger partial charge in [-0.3, -0.25) is 0 Å². The van der Waals surface area contributed by atoms with Crippen molar-refractivity contribution >= 4 is 22.7 Å². The lowest BCUT2D eigenvalue weighted by Crippen LogP contribution is -2.31. The summed E-state index contributed by atoms with van der Waals surface area (Å²) in [6.45, 7) is 11.7. The Balaban J connectivity index is 1.88. The molecule has 0 N–H and O–H groups in total. The molecule has 1 aliphatic rings. The molecule has 0 amide bonds. The maximum atomic E-state index is 2.58. The van der Waals surface area contributed by atoms with Gasteiger partial charge in [-0.05, 0) is 36.1 Å². The molecule has 1 heteroatoms. The van der Waals surface area contributed by atoms with Gasteiger partial charge >= 0.3 is 0 Å². The highest BCUT2D eigenvalue weighted by molar-refractivity contribution is 5.85. The van der Waals surface area contributed by atoms with Crippen LogP contribution in [0.25, 0.3) is 10.8 Å². The monoisotopic (exact) mass is 370 g/mol. The number of aryl methyl sites for hydroxylation is 2. The minimum atomic E-state index is 0.0272. The van der Waals surface area contributed by atoms with Crippen LogP contribution in [0.4, 0.5) is 5.69 Å². The van der Waals surface area contributed by atoms with Gasteiger partial charge in [0.15, 0.2) is 11.8 Å². The van der Waals surface area contributed by atoms with E-state index in [1.807, 2.05) is 0 Å². The van der Waals surface area contributed by atoms with Gasteiger partial charge in [0.05, 0.1) is 5.41 Å². The summed E-state index contributed by atoms with van der Waals surface area (Å²) in [5.74, 6) is 0. The van der Waals surface area contributed by atoms with Gasteiger partial charge < -0.3 is 0 Å². The van der Waals surface area contributed by atoms with Crippen molar-refractivity contribution in [2.45, 2.75) is 64.8 Å². The summed E-state index contributed by atoms with van der Waals surface area (Å²) in [5.41, 5.74) is 5.85. The number of nitrogens with zero attached hydrogens (tertiary/aromatic N) is 1. The molecule has 0 aromatic heterocycles. The van der Waals surface area contributed by atoms with Gasteiger partial charge in [-0.25, -0.2) is 0 Å². The molecule has 1 nitrogen and oxygen atoms in total. The van der Waals surface area contributed by atoms with E-state index in [1.54, 1.807) is 0 Å². The second kappa shape index (κ2) is 6.88. The van der Waals surface area contributed by atoms with Crippen molar-refractivity contribution in [3.8, 4) is 0 Å². The van der Waals surface area contributed by atoms with Crippen molar-refractivity contribution in [3.63, 3.8) is 0 Å². The first kappa shape index (κ1) is 18.9. The maximum Gasteiger partial charge on any atom is 0.211 e. The Morgan fingerprint density at radius 1 is 0.786 bits per heavy atom. The Labute approximate surface area is 169 Å². The Hall–Kier alpha value is -2.41. The van der Waals surface area contributed by atoms with E-state index in [1.165, 1.54) is 33.2 Å². The number of hydrogen-bond acceptors (Lipinski definition) is 0. The van der Waals surface area contributed by atoms with Crippen LogP contribution in [0.2, 0.25) is 0 Å². The molecule has 0 bridgehead atoms. The van der Waals surface area contributed by atoms with E-state index in [0.717, 1.165) is 19.3 Å². The van der Waals surface area contributed by atoms with Gasteiger partial charge in [0, 0.05) is 31.4 Å². The predicted octanol–water partition coefficient (Wildman–Crippen LogP) is 6.82. The van der Waals surface area contributed by atoms with Crippen LogP contribution in [-0.2, 0) is 18.3 Å². The predicted molar refractivity (Wildman–Crippen MR) is 121 cm³/mol. The van der Waals surface area contributed by atoms with E-state index in [4.69, 9.17) is 0 Å². The van der Waals surface area contributed by atoms with Crippen LogP contribution in [0.5, 0.6) is 0 Å². The standard InChI is InChI=1S/C27H32N/c1-6-20-13-10-14-21(7-2)25(20)28-19-27(5,18-26(28,3)4)24-16-15-22-11-8-9-12-23(22)17-24/h8-17,19H,6-7,18H2,1-5H3/q+1/t27-/m0/s1. The zero-order valence-corrected chi connectivity index (χ0v) is 17.9. The molecule has 3 aromatic carbocycles. The molecule has 0 fully saturated rings. The summed E-state index contributed by atoms with van der Waals surface area (Å²) in [6, 6.07) is 22.5. The molecule has 0 radical (unpaired) electrons. The highest BCUT2D eigenvalue weighted by Crippen LogP contribution is 2.43. The normalized spacial score (nSPS) is 21.1. The maximum absolute atomic E-state index is 2.58. The molecular weight excluding hydrogens is 338 g/mol. The second-order valence-electron chi connectivity index (χ2n) is 9.10. The molecule has 3 aromatic rings. The average molecular weight is 371 g/mol. The smallest absolute Gasteiger partial charge is 0.197 e. The van der Waals surface area contributed by atoms with E-state index in [2.05, 4.69) is 106 Å². The lowest BCUT2D eigenvalue weighted by atomic mass is 9.77. The van der Waals surface area contributed by atoms with Gasteiger partial charge in [0.25, 0.3) is 0 Å². The van der Waals surface area contributed by atoms with Gasteiger partial charge in [-0.2, -0.15) is 4.58 Å². The molecule has 1 heterocycles. The Morgan fingerprint density at radius 3 is 2.07 bits per heavy atom. The highest BCUT2D eigenvalue weighted by atomic mass is 15.1. The first-order chi connectivity index (χ1) is 13.4. The van der Waals surface area contributed by atoms with Crippen molar-refractivity contribution in [1.29, 1.82) is 0 Å². The molecule has 0 aliphatic carbocycles.